The first-order chi connectivity index (χ1) is 17.1. The number of carbonyl (C=O) groups is 1. The smallest absolute Gasteiger partial charge is 0.416 e. The molecule has 198 valence electrons. The van der Waals surface area contributed by atoms with E-state index in [9.17, 15) is 39.6 Å². The highest BCUT2D eigenvalue weighted by molar-refractivity contribution is 7.98. The summed E-state index contributed by atoms with van der Waals surface area (Å²) in [5.41, 5.74) is -2.33. The summed E-state index contributed by atoms with van der Waals surface area (Å²) in [5.74, 6) is -0.963. The maximum absolute atomic E-state index is 13.3. The number of carbonyl (C=O) groups excluding carboxylic acids is 1. The molecule has 1 N–H and O–H groups in total. The highest BCUT2D eigenvalue weighted by Gasteiger charge is 2.38. The van der Waals surface area contributed by atoms with E-state index in [4.69, 9.17) is 0 Å². The van der Waals surface area contributed by atoms with Gasteiger partial charge >= 0.3 is 18.3 Å². The molecule has 0 aliphatic heterocycles. The normalized spacial score (nSPS) is 12.3. The number of aryl methyl sites for hydroxylation is 1. The third kappa shape index (κ3) is 6.98. The molecule has 0 bridgehead atoms. The van der Waals surface area contributed by atoms with E-state index in [0.717, 1.165) is 17.8 Å². The van der Waals surface area contributed by atoms with E-state index in [1.807, 2.05) is 0 Å². The van der Waals surface area contributed by atoms with Gasteiger partial charge in [-0.15, -0.1) is 11.8 Å². The molecule has 0 fully saturated rings. The van der Waals surface area contributed by atoms with Crippen LogP contribution >= 0.6 is 11.8 Å². The molecule has 5 nitrogen and oxygen atoms in total. The maximum Gasteiger partial charge on any atom is 0.416 e. The highest BCUT2D eigenvalue weighted by atomic mass is 32.2. The standard InChI is InChI=1S/C24H19F6NO4S2/c1-14-3-10-19(12-20(14)22(32)35-2)37(33,34)31-17-6-8-18(9-7-17)36-13-15-4-5-16(23(25,26)27)11-21(15)24(28,29)30/h3-12,31H,13H2,1-2H3. The summed E-state index contributed by atoms with van der Waals surface area (Å²) in [6, 6.07) is 11.1. The van der Waals surface area contributed by atoms with Gasteiger partial charge in [-0.1, -0.05) is 12.1 Å². The number of anilines is 1. The molecule has 0 spiro atoms. The van der Waals surface area contributed by atoms with Crippen LogP contribution in [-0.2, 0) is 32.9 Å². The Bertz CT molecular complexity index is 1400. The lowest BCUT2D eigenvalue weighted by atomic mass is 10.0. The SMILES string of the molecule is COC(=O)c1cc(S(=O)(=O)Nc2ccc(SCc3ccc(C(F)(F)F)cc3C(F)(F)F)cc2)ccc1C. The first-order valence-corrected chi connectivity index (χ1v) is 12.8. The maximum atomic E-state index is 13.3. The third-order valence-corrected chi connectivity index (χ3v) is 7.61. The van der Waals surface area contributed by atoms with Crippen LogP contribution in [0.1, 0.15) is 32.6 Å². The summed E-state index contributed by atoms with van der Waals surface area (Å²) in [4.78, 5) is 12.1. The van der Waals surface area contributed by atoms with Crippen molar-refractivity contribution >= 4 is 33.4 Å². The molecule has 0 saturated heterocycles. The molecule has 0 aliphatic rings. The second kappa shape index (κ2) is 10.7. The second-order valence-corrected chi connectivity index (χ2v) is 10.5. The molecule has 0 aliphatic carbocycles. The largest absolute Gasteiger partial charge is 0.465 e. The zero-order valence-electron chi connectivity index (χ0n) is 19.2. The molecule has 3 aromatic carbocycles. The van der Waals surface area contributed by atoms with Gasteiger partial charge in [0.05, 0.1) is 28.7 Å². The number of sulfonamides is 1. The van der Waals surface area contributed by atoms with Crippen molar-refractivity contribution in [3.8, 4) is 0 Å². The van der Waals surface area contributed by atoms with Crippen molar-refractivity contribution in [1.29, 1.82) is 0 Å². The van der Waals surface area contributed by atoms with Crippen LogP contribution in [0.25, 0.3) is 0 Å². The number of esters is 1. The molecule has 0 heterocycles. The molecule has 0 amide bonds. The van der Waals surface area contributed by atoms with Crippen molar-refractivity contribution in [2.45, 2.75) is 34.8 Å². The molecule has 3 rings (SSSR count). The van der Waals surface area contributed by atoms with Gasteiger partial charge in [-0.2, -0.15) is 26.3 Å². The van der Waals surface area contributed by atoms with Gasteiger partial charge < -0.3 is 4.74 Å². The van der Waals surface area contributed by atoms with Crippen molar-refractivity contribution in [2.24, 2.45) is 0 Å². The predicted octanol–water partition coefficient (Wildman–Crippen LogP) is 6.91. The molecule has 3 aromatic rings. The number of rotatable bonds is 7. The Morgan fingerprint density at radius 2 is 1.57 bits per heavy atom. The molecule has 0 saturated carbocycles. The van der Waals surface area contributed by atoms with Gasteiger partial charge in [0.25, 0.3) is 10.0 Å². The Hall–Kier alpha value is -3.19. The average molecular weight is 564 g/mol. The summed E-state index contributed by atoms with van der Waals surface area (Å²) in [7, 11) is -2.91. The van der Waals surface area contributed by atoms with Gasteiger partial charge in [0.1, 0.15) is 0 Å². The fourth-order valence-electron chi connectivity index (χ4n) is 3.24. The fraction of sp³-hybridized carbons (Fsp3) is 0.208. The van der Waals surface area contributed by atoms with Crippen LogP contribution in [-0.4, -0.2) is 21.5 Å². The number of halogens is 6. The summed E-state index contributed by atoms with van der Waals surface area (Å²) < 4.78 is 111. The van der Waals surface area contributed by atoms with Gasteiger partial charge in [-0.25, -0.2) is 13.2 Å². The number of hydrogen-bond acceptors (Lipinski definition) is 5. The van der Waals surface area contributed by atoms with Gasteiger partial charge in [-0.3, -0.25) is 4.72 Å². The summed E-state index contributed by atoms with van der Waals surface area (Å²) >= 11 is 0.940. The van der Waals surface area contributed by atoms with Crippen LogP contribution in [0.3, 0.4) is 0 Å². The van der Waals surface area contributed by atoms with Crippen LogP contribution in [0, 0.1) is 6.92 Å². The Morgan fingerprint density at radius 1 is 0.919 bits per heavy atom. The van der Waals surface area contributed by atoms with E-state index in [1.165, 1.54) is 49.6 Å². The molecule has 13 heteroatoms. The van der Waals surface area contributed by atoms with Crippen molar-refractivity contribution in [1.82, 2.24) is 0 Å². The highest BCUT2D eigenvalue weighted by Crippen LogP contribution is 2.39. The Labute approximate surface area is 212 Å². The van der Waals surface area contributed by atoms with Crippen LogP contribution in [0.5, 0.6) is 0 Å². The number of thioether (sulfide) groups is 1. The molecule has 37 heavy (non-hydrogen) atoms. The quantitative estimate of drug-likeness (QED) is 0.192. The number of alkyl halides is 6. The van der Waals surface area contributed by atoms with Crippen molar-refractivity contribution in [3.63, 3.8) is 0 Å². The summed E-state index contributed by atoms with van der Waals surface area (Å²) in [5, 5.41) is 0. The minimum atomic E-state index is -4.97. The zero-order valence-corrected chi connectivity index (χ0v) is 20.8. The van der Waals surface area contributed by atoms with E-state index in [2.05, 4.69) is 9.46 Å². The lowest BCUT2D eigenvalue weighted by Crippen LogP contribution is -2.14. The topological polar surface area (TPSA) is 72.5 Å². The van der Waals surface area contributed by atoms with E-state index in [1.54, 1.807) is 6.92 Å². The van der Waals surface area contributed by atoms with E-state index >= 15 is 0 Å². The monoisotopic (exact) mass is 563 g/mol. The third-order valence-electron chi connectivity index (χ3n) is 5.17. The average Bonchev–Trinajstić information content (AvgIpc) is 2.81. The van der Waals surface area contributed by atoms with Crippen LogP contribution in [0.4, 0.5) is 32.0 Å². The first-order valence-electron chi connectivity index (χ1n) is 10.3. The lowest BCUT2D eigenvalue weighted by Gasteiger charge is -2.16. The van der Waals surface area contributed by atoms with Gasteiger partial charge in [0.2, 0.25) is 0 Å². The van der Waals surface area contributed by atoms with E-state index in [-0.39, 0.29) is 33.5 Å². The number of nitrogens with one attached hydrogen (secondary N) is 1. The van der Waals surface area contributed by atoms with Crippen molar-refractivity contribution in [3.05, 3.63) is 88.5 Å². The molecule has 0 aromatic heterocycles. The van der Waals surface area contributed by atoms with Crippen molar-refractivity contribution in [2.75, 3.05) is 11.8 Å². The zero-order chi connectivity index (χ0) is 27.6. The first kappa shape index (κ1) is 28.4. The molecule has 0 atom stereocenters. The molecule has 0 radical (unpaired) electrons. The fourth-order valence-corrected chi connectivity index (χ4v) is 5.22. The minimum absolute atomic E-state index is 0.0821. The Kier molecular flexibility index (Phi) is 8.18. The second-order valence-electron chi connectivity index (χ2n) is 7.75. The molecular weight excluding hydrogens is 544 g/mol. The van der Waals surface area contributed by atoms with Gasteiger partial charge in [0, 0.05) is 16.3 Å². The summed E-state index contributed by atoms with van der Waals surface area (Å²) in [6.45, 7) is 1.62. The number of ether oxygens (including phenoxy) is 1. The van der Waals surface area contributed by atoms with E-state index < -0.39 is 39.5 Å². The molecular formula is C24H19F6NO4S2. The lowest BCUT2D eigenvalue weighted by molar-refractivity contribution is -0.143. The van der Waals surface area contributed by atoms with E-state index in [0.29, 0.717) is 16.5 Å². The minimum Gasteiger partial charge on any atom is -0.465 e. The van der Waals surface area contributed by atoms with Crippen LogP contribution < -0.4 is 4.72 Å². The van der Waals surface area contributed by atoms with Crippen molar-refractivity contribution < 1.29 is 44.3 Å². The Morgan fingerprint density at radius 3 is 2.14 bits per heavy atom. The number of benzene rings is 3. The number of methoxy groups -OCH3 is 1. The Balaban J connectivity index is 1.75. The van der Waals surface area contributed by atoms with Gasteiger partial charge in [0.15, 0.2) is 0 Å². The molecule has 0 unspecified atom stereocenters. The summed E-state index contributed by atoms with van der Waals surface area (Å²) in [6.07, 6.45) is -9.88. The van der Waals surface area contributed by atoms with Crippen LogP contribution in [0.2, 0.25) is 0 Å². The predicted molar refractivity (Wildman–Crippen MR) is 126 cm³/mol. The van der Waals surface area contributed by atoms with Gasteiger partial charge in [-0.05, 0) is 66.6 Å². The number of hydrogen-bond donors (Lipinski definition) is 1. The van der Waals surface area contributed by atoms with Crippen LogP contribution in [0.15, 0.2) is 70.5 Å².